The highest BCUT2D eigenvalue weighted by Gasteiger charge is 2.07. The predicted octanol–water partition coefficient (Wildman–Crippen LogP) is 2.23. The first kappa shape index (κ1) is 11.4. The van der Waals surface area contributed by atoms with Gasteiger partial charge in [-0.1, -0.05) is 0 Å². The third-order valence-electron chi connectivity index (χ3n) is 2.46. The van der Waals surface area contributed by atoms with Gasteiger partial charge in [0.15, 0.2) is 0 Å². The molecule has 0 bridgehead atoms. The summed E-state index contributed by atoms with van der Waals surface area (Å²) in [6.07, 6.45) is 1.63. The van der Waals surface area contributed by atoms with Crippen LogP contribution in [0.4, 0.5) is 5.69 Å². The van der Waals surface area contributed by atoms with Gasteiger partial charge in [-0.05, 0) is 24.3 Å². The summed E-state index contributed by atoms with van der Waals surface area (Å²) in [5, 5.41) is 0.842. The van der Waals surface area contributed by atoms with Crippen LogP contribution in [0.2, 0.25) is 0 Å². The lowest BCUT2D eigenvalue weighted by Crippen LogP contribution is -2.08. The van der Waals surface area contributed by atoms with Crippen molar-refractivity contribution in [1.82, 2.24) is 4.98 Å². The monoisotopic (exact) mass is 230 g/mol. The molecule has 88 valence electrons. The van der Waals surface area contributed by atoms with Crippen LogP contribution in [0, 0.1) is 0 Å². The smallest absolute Gasteiger partial charge is 0.308 e. The fraction of sp³-hybridized carbons (Fsp3) is 0.231. The third kappa shape index (κ3) is 2.36. The van der Waals surface area contributed by atoms with E-state index in [9.17, 15) is 4.79 Å². The number of nitrogens with zero attached hydrogens (tertiary/aromatic N) is 2. The van der Waals surface area contributed by atoms with Crippen molar-refractivity contribution in [2.75, 3.05) is 19.0 Å². The van der Waals surface area contributed by atoms with Gasteiger partial charge >= 0.3 is 5.97 Å². The Morgan fingerprint density at radius 1 is 1.29 bits per heavy atom. The van der Waals surface area contributed by atoms with Crippen LogP contribution >= 0.6 is 0 Å². The van der Waals surface area contributed by atoms with E-state index in [0.717, 1.165) is 16.6 Å². The summed E-state index contributed by atoms with van der Waals surface area (Å²) in [7, 11) is 3.92. The van der Waals surface area contributed by atoms with E-state index in [4.69, 9.17) is 4.74 Å². The second kappa shape index (κ2) is 4.41. The number of pyridine rings is 1. The van der Waals surface area contributed by atoms with Crippen molar-refractivity contribution in [2.24, 2.45) is 0 Å². The summed E-state index contributed by atoms with van der Waals surface area (Å²) in [6.45, 7) is 1.39. The number of fused-ring (bicyclic) bond motifs is 1. The van der Waals surface area contributed by atoms with E-state index < -0.39 is 0 Å². The SMILES string of the molecule is CC(=O)Oc1ccnc2ccc(N(C)C)cc12. The van der Waals surface area contributed by atoms with Gasteiger partial charge in [0.25, 0.3) is 0 Å². The van der Waals surface area contributed by atoms with Crippen LogP contribution in [-0.2, 0) is 4.79 Å². The topological polar surface area (TPSA) is 42.4 Å². The largest absolute Gasteiger partial charge is 0.426 e. The summed E-state index contributed by atoms with van der Waals surface area (Å²) >= 11 is 0. The highest BCUT2D eigenvalue weighted by Crippen LogP contribution is 2.27. The van der Waals surface area contributed by atoms with Gasteiger partial charge < -0.3 is 9.64 Å². The Morgan fingerprint density at radius 3 is 2.71 bits per heavy atom. The summed E-state index contributed by atoms with van der Waals surface area (Å²) in [5.41, 5.74) is 1.85. The average molecular weight is 230 g/mol. The number of aromatic nitrogens is 1. The zero-order valence-corrected chi connectivity index (χ0v) is 10.1. The first-order chi connectivity index (χ1) is 8.08. The normalized spacial score (nSPS) is 10.3. The van der Waals surface area contributed by atoms with E-state index in [2.05, 4.69) is 4.98 Å². The second-order valence-corrected chi connectivity index (χ2v) is 4.00. The molecule has 0 N–H and O–H groups in total. The Labute approximate surface area is 99.8 Å². The van der Waals surface area contributed by atoms with Crippen LogP contribution in [0.1, 0.15) is 6.92 Å². The first-order valence-electron chi connectivity index (χ1n) is 5.32. The summed E-state index contributed by atoms with van der Waals surface area (Å²) in [6, 6.07) is 7.55. The number of rotatable bonds is 2. The van der Waals surface area contributed by atoms with E-state index in [-0.39, 0.29) is 5.97 Å². The number of benzene rings is 1. The fourth-order valence-electron chi connectivity index (χ4n) is 1.63. The summed E-state index contributed by atoms with van der Waals surface area (Å²) in [4.78, 5) is 17.3. The molecule has 0 radical (unpaired) electrons. The Balaban J connectivity index is 2.59. The lowest BCUT2D eigenvalue weighted by molar-refractivity contribution is -0.131. The molecule has 0 fully saturated rings. The molecule has 0 aliphatic carbocycles. The van der Waals surface area contributed by atoms with E-state index >= 15 is 0 Å². The molecule has 0 amide bonds. The molecular formula is C13H14N2O2. The number of anilines is 1. The minimum absolute atomic E-state index is 0.326. The van der Waals surface area contributed by atoms with Crippen molar-refractivity contribution in [3.63, 3.8) is 0 Å². The van der Waals surface area contributed by atoms with Gasteiger partial charge in [0, 0.05) is 38.3 Å². The average Bonchev–Trinajstić information content (AvgIpc) is 2.28. The fourth-order valence-corrected chi connectivity index (χ4v) is 1.63. The second-order valence-electron chi connectivity index (χ2n) is 4.00. The molecule has 0 spiro atoms. The van der Waals surface area contributed by atoms with E-state index in [1.165, 1.54) is 6.92 Å². The predicted molar refractivity (Wildman–Crippen MR) is 67.4 cm³/mol. The standard InChI is InChI=1S/C13H14N2O2/c1-9(16)17-13-6-7-14-12-5-4-10(15(2)3)8-11(12)13/h4-8H,1-3H3. The van der Waals surface area contributed by atoms with Crippen LogP contribution in [0.5, 0.6) is 5.75 Å². The molecule has 0 aliphatic heterocycles. The van der Waals surface area contributed by atoms with Crippen LogP contribution < -0.4 is 9.64 Å². The molecule has 4 nitrogen and oxygen atoms in total. The number of esters is 1. The maximum absolute atomic E-state index is 11.0. The number of carbonyl (C=O) groups is 1. The van der Waals surface area contributed by atoms with E-state index in [0.29, 0.717) is 5.75 Å². The Morgan fingerprint density at radius 2 is 2.06 bits per heavy atom. The van der Waals surface area contributed by atoms with Crippen LogP contribution in [0.25, 0.3) is 10.9 Å². The van der Waals surface area contributed by atoms with Crippen LogP contribution in [-0.4, -0.2) is 25.0 Å². The van der Waals surface area contributed by atoms with Gasteiger partial charge in [-0.15, -0.1) is 0 Å². The minimum atomic E-state index is -0.326. The highest BCUT2D eigenvalue weighted by atomic mass is 16.5. The molecule has 1 aromatic heterocycles. The van der Waals surface area contributed by atoms with Crippen molar-refractivity contribution in [2.45, 2.75) is 6.92 Å². The van der Waals surface area contributed by atoms with Crippen molar-refractivity contribution in [3.8, 4) is 5.75 Å². The summed E-state index contributed by atoms with van der Waals surface area (Å²) in [5.74, 6) is 0.221. The molecule has 4 heteroatoms. The van der Waals surface area contributed by atoms with Gasteiger partial charge in [-0.25, -0.2) is 0 Å². The van der Waals surface area contributed by atoms with Crippen LogP contribution in [0.3, 0.4) is 0 Å². The van der Waals surface area contributed by atoms with Gasteiger partial charge in [0.1, 0.15) is 5.75 Å². The third-order valence-corrected chi connectivity index (χ3v) is 2.46. The first-order valence-corrected chi connectivity index (χ1v) is 5.32. The molecule has 2 rings (SSSR count). The number of ether oxygens (including phenoxy) is 1. The Kier molecular flexibility index (Phi) is 2.95. The van der Waals surface area contributed by atoms with Crippen molar-refractivity contribution < 1.29 is 9.53 Å². The molecule has 0 atom stereocenters. The Bertz CT molecular complexity index is 564. The molecule has 1 heterocycles. The highest BCUT2D eigenvalue weighted by molar-refractivity contribution is 5.89. The number of hydrogen-bond donors (Lipinski definition) is 0. The van der Waals surface area contributed by atoms with Crippen molar-refractivity contribution >= 4 is 22.6 Å². The molecule has 0 saturated carbocycles. The number of carbonyl (C=O) groups excluding carboxylic acids is 1. The van der Waals surface area contributed by atoms with Gasteiger partial charge in [-0.3, -0.25) is 9.78 Å². The molecule has 0 aliphatic rings. The van der Waals surface area contributed by atoms with E-state index in [1.807, 2.05) is 37.2 Å². The maximum Gasteiger partial charge on any atom is 0.308 e. The maximum atomic E-state index is 11.0. The molecule has 2 aromatic rings. The molecular weight excluding hydrogens is 216 g/mol. The van der Waals surface area contributed by atoms with Gasteiger partial charge in [0.2, 0.25) is 0 Å². The van der Waals surface area contributed by atoms with Crippen LogP contribution in [0.15, 0.2) is 30.5 Å². The zero-order valence-electron chi connectivity index (χ0n) is 10.1. The minimum Gasteiger partial charge on any atom is -0.426 e. The zero-order chi connectivity index (χ0) is 12.4. The number of hydrogen-bond acceptors (Lipinski definition) is 4. The summed E-state index contributed by atoms with van der Waals surface area (Å²) < 4.78 is 5.16. The lowest BCUT2D eigenvalue weighted by atomic mass is 10.2. The Hall–Kier alpha value is -2.10. The van der Waals surface area contributed by atoms with Gasteiger partial charge in [0.05, 0.1) is 5.52 Å². The molecule has 17 heavy (non-hydrogen) atoms. The van der Waals surface area contributed by atoms with Crippen molar-refractivity contribution in [1.29, 1.82) is 0 Å². The quantitative estimate of drug-likeness (QED) is 0.742. The van der Waals surface area contributed by atoms with E-state index in [1.54, 1.807) is 12.3 Å². The molecule has 0 unspecified atom stereocenters. The lowest BCUT2D eigenvalue weighted by Gasteiger charge is -2.13. The van der Waals surface area contributed by atoms with Crippen molar-refractivity contribution in [3.05, 3.63) is 30.5 Å². The molecule has 0 saturated heterocycles. The van der Waals surface area contributed by atoms with Gasteiger partial charge in [-0.2, -0.15) is 0 Å². The molecule has 1 aromatic carbocycles.